The normalized spacial score (nSPS) is 13.9. The van der Waals surface area contributed by atoms with Crippen molar-refractivity contribution >= 4 is 12.1 Å². The SMILES string of the molecule is C[C@H](OCC(C)(C)COCC(C)(C)COCCNC(=O)OC(C)(C)C)C(=O)O. The molecule has 0 unspecified atom stereocenters. The van der Waals surface area contributed by atoms with E-state index in [2.05, 4.69) is 5.32 Å². The molecule has 0 bridgehead atoms. The molecule has 1 amide bonds. The molecule has 8 nitrogen and oxygen atoms in total. The number of ether oxygens (including phenoxy) is 4. The highest BCUT2D eigenvalue weighted by atomic mass is 16.6. The first-order valence-electron chi connectivity index (χ1n) is 9.60. The topological polar surface area (TPSA) is 103 Å². The molecule has 166 valence electrons. The van der Waals surface area contributed by atoms with E-state index in [1.165, 1.54) is 6.92 Å². The minimum absolute atomic E-state index is 0.197. The first kappa shape index (κ1) is 26.6. The van der Waals surface area contributed by atoms with E-state index in [-0.39, 0.29) is 10.8 Å². The Morgan fingerprint density at radius 3 is 1.89 bits per heavy atom. The van der Waals surface area contributed by atoms with Crippen LogP contribution >= 0.6 is 0 Å². The zero-order chi connectivity index (χ0) is 22.0. The third-order valence-corrected chi connectivity index (χ3v) is 3.46. The van der Waals surface area contributed by atoms with E-state index in [0.29, 0.717) is 39.6 Å². The second-order valence-electron chi connectivity index (χ2n) is 9.59. The summed E-state index contributed by atoms with van der Waals surface area (Å²) in [6, 6.07) is 0. The van der Waals surface area contributed by atoms with Crippen LogP contribution < -0.4 is 5.32 Å². The molecule has 0 radical (unpaired) electrons. The van der Waals surface area contributed by atoms with Crippen molar-refractivity contribution in [2.45, 2.75) is 67.1 Å². The van der Waals surface area contributed by atoms with Crippen molar-refractivity contribution in [2.24, 2.45) is 10.8 Å². The molecule has 0 aliphatic heterocycles. The van der Waals surface area contributed by atoms with Crippen LogP contribution in [0.1, 0.15) is 55.4 Å². The molecule has 0 spiro atoms. The standard InChI is InChI=1S/C20H39NO7/c1-15(16(22)23)27-14-20(7,8)13-26-12-19(5,6)11-25-10-9-21-17(24)28-18(2,3)4/h15H,9-14H2,1-8H3,(H,21,24)(H,22,23)/t15-/m0/s1. The Labute approximate surface area is 169 Å². The van der Waals surface area contributed by atoms with Gasteiger partial charge >= 0.3 is 12.1 Å². The number of nitrogens with one attached hydrogen (secondary N) is 1. The van der Waals surface area contributed by atoms with Crippen molar-refractivity contribution < 1.29 is 33.6 Å². The van der Waals surface area contributed by atoms with Crippen LogP contribution in [0.3, 0.4) is 0 Å². The van der Waals surface area contributed by atoms with Crippen LogP contribution in [-0.2, 0) is 23.7 Å². The predicted octanol–water partition coefficient (Wildman–Crippen LogP) is 3.09. The Hall–Kier alpha value is -1.38. The summed E-state index contributed by atoms with van der Waals surface area (Å²) < 4.78 is 21.9. The van der Waals surface area contributed by atoms with E-state index in [0.717, 1.165) is 0 Å². The second-order valence-corrected chi connectivity index (χ2v) is 9.59. The Morgan fingerprint density at radius 2 is 1.39 bits per heavy atom. The van der Waals surface area contributed by atoms with Crippen LogP contribution in [0.15, 0.2) is 0 Å². The largest absolute Gasteiger partial charge is 0.479 e. The van der Waals surface area contributed by atoms with E-state index in [4.69, 9.17) is 24.1 Å². The van der Waals surface area contributed by atoms with Crippen LogP contribution in [0, 0.1) is 10.8 Å². The molecule has 0 heterocycles. The third-order valence-electron chi connectivity index (χ3n) is 3.46. The summed E-state index contributed by atoms with van der Waals surface area (Å²) in [5.74, 6) is -0.976. The zero-order valence-corrected chi connectivity index (χ0v) is 18.7. The lowest BCUT2D eigenvalue weighted by Crippen LogP contribution is -2.35. The molecular formula is C20H39NO7. The van der Waals surface area contributed by atoms with Gasteiger partial charge in [-0.25, -0.2) is 9.59 Å². The number of hydrogen-bond donors (Lipinski definition) is 2. The van der Waals surface area contributed by atoms with Crippen molar-refractivity contribution in [3.63, 3.8) is 0 Å². The fourth-order valence-electron chi connectivity index (χ4n) is 2.00. The predicted molar refractivity (Wildman–Crippen MR) is 106 cm³/mol. The van der Waals surface area contributed by atoms with Gasteiger partial charge in [0.2, 0.25) is 0 Å². The van der Waals surface area contributed by atoms with Gasteiger partial charge in [0.05, 0.1) is 33.0 Å². The van der Waals surface area contributed by atoms with E-state index in [1.54, 1.807) is 0 Å². The average Bonchev–Trinajstić information content (AvgIpc) is 2.49. The van der Waals surface area contributed by atoms with Crippen molar-refractivity contribution in [2.75, 3.05) is 39.6 Å². The first-order chi connectivity index (χ1) is 12.6. The maximum atomic E-state index is 11.5. The fraction of sp³-hybridized carbons (Fsp3) is 0.900. The molecule has 0 aromatic carbocycles. The van der Waals surface area contributed by atoms with Crippen LogP contribution in [0.2, 0.25) is 0 Å². The summed E-state index contributed by atoms with van der Waals surface area (Å²) in [6.45, 7) is 17.4. The summed E-state index contributed by atoms with van der Waals surface area (Å²) in [5, 5.41) is 11.5. The van der Waals surface area contributed by atoms with E-state index >= 15 is 0 Å². The highest BCUT2D eigenvalue weighted by molar-refractivity contribution is 5.71. The van der Waals surface area contributed by atoms with Gasteiger partial charge in [-0.15, -0.1) is 0 Å². The Morgan fingerprint density at radius 1 is 0.893 bits per heavy atom. The molecule has 0 aromatic heterocycles. The minimum Gasteiger partial charge on any atom is -0.479 e. The van der Waals surface area contributed by atoms with Gasteiger partial charge in [0, 0.05) is 17.4 Å². The number of carbonyl (C=O) groups excluding carboxylic acids is 1. The molecule has 0 aromatic rings. The number of hydrogen-bond acceptors (Lipinski definition) is 6. The monoisotopic (exact) mass is 405 g/mol. The van der Waals surface area contributed by atoms with Gasteiger partial charge in [-0.3, -0.25) is 0 Å². The molecule has 0 aliphatic rings. The van der Waals surface area contributed by atoms with Gasteiger partial charge in [0.25, 0.3) is 0 Å². The molecule has 2 N–H and O–H groups in total. The number of amides is 1. The van der Waals surface area contributed by atoms with Gasteiger partial charge < -0.3 is 29.4 Å². The number of carbonyl (C=O) groups is 2. The van der Waals surface area contributed by atoms with Crippen molar-refractivity contribution in [1.82, 2.24) is 5.32 Å². The van der Waals surface area contributed by atoms with Crippen LogP contribution in [0.5, 0.6) is 0 Å². The number of carboxylic acid groups (broad SMARTS) is 1. The number of aliphatic carboxylic acids is 1. The summed E-state index contributed by atoms with van der Waals surface area (Å²) >= 11 is 0. The van der Waals surface area contributed by atoms with Crippen molar-refractivity contribution in [3.8, 4) is 0 Å². The number of rotatable bonds is 13. The Bertz CT molecular complexity index is 483. The molecular weight excluding hydrogens is 366 g/mol. The van der Waals surface area contributed by atoms with E-state index in [1.807, 2.05) is 48.5 Å². The van der Waals surface area contributed by atoms with Crippen LogP contribution in [-0.4, -0.2) is 68.5 Å². The smallest absolute Gasteiger partial charge is 0.407 e. The summed E-state index contributed by atoms with van der Waals surface area (Å²) in [4.78, 5) is 22.3. The average molecular weight is 406 g/mol. The lowest BCUT2D eigenvalue weighted by atomic mass is 9.94. The fourth-order valence-corrected chi connectivity index (χ4v) is 2.00. The van der Waals surface area contributed by atoms with Crippen LogP contribution in [0.25, 0.3) is 0 Å². The molecule has 28 heavy (non-hydrogen) atoms. The molecule has 8 heteroatoms. The van der Waals surface area contributed by atoms with Crippen molar-refractivity contribution in [3.05, 3.63) is 0 Å². The highest BCUT2D eigenvalue weighted by Gasteiger charge is 2.25. The maximum Gasteiger partial charge on any atom is 0.407 e. The van der Waals surface area contributed by atoms with Crippen molar-refractivity contribution in [1.29, 1.82) is 0 Å². The Balaban J connectivity index is 3.98. The molecule has 0 aliphatic carbocycles. The van der Waals surface area contributed by atoms with Gasteiger partial charge in [-0.2, -0.15) is 0 Å². The second kappa shape index (κ2) is 11.6. The Kier molecular flexibility index (Phi) is 11.0. The molecule has 0 rings (SSSR count). The summed E-state index contributed by atoms with van der Waals surface area (Å²) in [6.07, 6.45) is -1.29. The maximum absolute atomic E-state index is 11.5. The lowest BCUT2D eigenvalue weighted by Gasteiger charge is -2.29. The summed E-state index contributed by atoms with van der Waals surface area (Å²) in [5.41, 5.74) is -1.01. The minimum atomic E-state index is -0.976. The van der Waals surface area contributed by atoms with E-state index in [9.17, 15) is 9.59 Å². The van der Waals surface area contributed by atoms with Gasteiger partial charge in [-0.05, 0) is 27.7 Å². The van der Waals surface area contributed by atoms with Gasteiger partial charge in [0.1, 0.15) is 5.60 Å². The number of alkyl carbamates (subject to hydrolysis) is 1. The molecule has 0 saturated carbocycles. The highest BCUT2D eigenvalue weighted by Crippen LogP contribution is 2.21. The lowest BCUT2D eigenvalue weighted by molar-refractivity contribution is -0.152. The zero-order valence-electron chi connectivity index (χ0n) is 18.7. The van der Waals surface area contributed by atoms with E-state index < -0.39 is 23.8 Å². The number of carboxylic acids is 1. The quantitative estimate of drug-likeness (QED) is 0.454. The molecule has 0 fully saturated rings. The van der Waals surface area contributed by atoms with Gasteiger partial charge in [0.15, 0.2) is 6.10 Å². The van der Waals surface area contributed by atoms with Gasteiger partial charge in [-0.1, -0.05) is 27.7 Å². The third kappa shape index (κ3) is 14.6. The van der Waals surface area contributed by atoms with Crippen LogP contribution in [0.4, 0.5) is 4.79 Å². The summed E-state index contributed by atoms with van der Waals surface area (Å²) in [7, 11) is 0. The first-order valence-corrected chi connectivity index (χ1v) is 9.60. The molecule has 0 saturated heterocycles. The molecule has 1 atom stereocenters.